The molecule has 3 aromatic carbocycles. The average molecular weight is 431 g/mol. The Balaban J connectivity index is 1.59. The maximum atomic E-state index is 11.2. The molecule has 0 aliphatic rings. The summed E-state index contributed by atoms with van der Waals surface area (Å²) in [7, 11) is 1.41. The number of hydrogen-bond donors (Lipinski definition) is 1. The van der Waals surface area contributed by atoms with E-state index in [1.54, 1.807) is 12.1 Å². The number of phenolic OH excluding ortho intramolecular Hbond substituents is 1. The zero-order chi connectivity index (χ0) is 22.3. The van der Waals surface area contributed by atoms with Crippen molar-refractivity contribution in [1.82, 2.24) is 9.55 Å². The first-order chi connectivity index (χ1) is 15.7. The van der Waals surface area contributed by atoms with Crippen LogP contribution in [0.15, 0.2) is 72.8 Å². The predicted octanol–water partition coefficient (Wildman–Crippen LogP) is 5.51. The van der Waals surface area contributed by atoms with Crippen molar-refractivity contribution in [2.45, 2.75) is 25.7 Å². The minimum atomic E-state index is -0.175. The summed E-state index contributed by atoms with van der Waals surface area (Å²) in [6, 6.07) is 23.0. The van der Waals surface area contributed by atoms with Gasteiger partial charge in [0.25, 0.3) is 0 Å². The Morgan fingerprint density at radius 3 is 2.59 bits per heavy atom. The second-order valence-corrected chi connectivity index (χ2v) is 7.54. The molecular weight excluding hydrogens is 404 g/mol. The normalized spacial score (nSPS) is 10.9. The number of imidazole rings is 1. The molecule has 0 aliphatic carbocycles. The lowest BCUT2D eigenvalue weighted by Gasteiger charge is -2.11. The first-order valence-electron chi connectivity index (χ1n) is 10.7. The number of hydrogen-bond acceptors (Lipinski definition) is 5. The van der Waals surface area contributed by atoms with Crippen molar-refractivity contribution < 1.29 is 19.4 Å². The highest BCUT2D eigenvalue weighted by atomic mass is 16.5. The Bertz CT molecular complexity index is 1200. The lowest BCUT2D eigenvalue weighted by atomic mass is 10.2. The standard InChI is InChI=1S/C26H26N2O4/c1-31-25(30)13-6-3-7-16-32-22-14-15-23-24(18-22)28(20-11-8-12-21(29)17-20)26(27-23)19-9-4-2-5-10-19/h2,4-5,8-12,14-15,17-18,29H,3,6-7,13,16H2,1H3. The van der Waals surface area contributed by atoms with Crippen molar-refractivity contribution in [3.63, 3.8) is 0 Å². The van der Waals surface area contributed by atoms with Gasteiger partial charge in [0.15, 0.2) is 0 Å². The fourth-order valence-electron chi connectivity index (χ4n) is 3.66. The summed E-state index contributed by atoms with van der Waals surface area (Å²) in [6.07, 6.45) is 2.99. The van der Waals surface area contributed by atoms with Gasteiger partial charge in [-0.3, -0.25) is 9.36 Å². The van der Waals surface area contributed by atoms with Gasteiger partial charge in [0.1, 0.15) is 17.3 Å². The van der Waals surface area contributed by atoms with Gasteiger partial charge in [0.2, 0.25) is 0 Å². The van der Waals surface area contributed by atoms with Crippen LogP contribution in [-0.2, 0) is 9.53 Å². The quantitative estimate of drug-likeness (QED) is 0.280. The predicted molar refractivity (Wildman–Crippen MR) is 124 cm³/mol. The number of unbranched alkanes of at least 4 members (excludes halogenated alkanes) is 2. The number of nitrogens with zero attached hydrogens (tertiary/aromatic N) is 2. The molecule has 0 spiro atoms. The average Bonchev–Trinajstić information content (AvgIpc) is 3.20. The van der Waals surface area contributed by atoms with E-state index >= 15 is 0 Å². The molecule has 1 N–H and O–H groups in total. The molecule has 0 saturated carbocycles. The summed E-state index contributed by atoms with van der Waals surface area (Å²) < 4.78 is 12.7. The highest BCUT2D eigenvalue weighted by Crippen LogP contribution is 2.31. The largest absolute Gasteiger partial charge is 0.508 e. The summed E-state index contributed by atoms with van der Waals surface area (Å²) in [5.41, 5.74) is 3.56. The topological polar surface area (TPSA) is 73.6 Å². The fraction of sp³-hybridized carbons (Fsp3) is 0.231. The zero-order valence-corrected chi connectivity index (χ0v) is 18.0. The number of carbonyl (C=O) groups excluding carboxylic acids is 1. The molecule has 0 unspecified atom stereocenters. The van der Waals surface area contributed by atoms with Gasteiger partial charge in [-0.2, -0.15) is 0 Å². The molecule has 6 heteroatoms. The van der Waals surface area contributed by atoms with E-state index in [-0.39, 0.29) is 11.7 Å². The van der Waals surface area contributed by atoms with E-state index < -0.39 is 0 Å². The number of carbonyl (C=O) groups is 1. The van der Waals surface area contributed by atoms with Crippen LogP contribution in [0.2, 0.25) is 0 Å². The maximum absolute atomic E-state index is 11.2. The van der Waals surface area contributed by atoms with Gasteiger partial charge in [0, 0.05) is 24.1 Å². The van der Waals surface area contributed by atoms with E-state index in [1.807, 2.05) is 65.2 Å². The Kier molecular flexibility index (Phi) is 6.70. The number of phenols is 1. The van der Waals surface area contributed by atoms with Crippen LogP contribution in [0.3, 0.4) is 0 Å². The summed E-state index contributed by atoms with van der Waals surface area (Å²) >= 11 is 0. The minimum Gasteiger partial charge on any atom is -0.508 e. The van der Waals surface area contributed by atoms with Crippen molar-refractivity contribution >= 4 is 17.0 Å². The van der Waals surface area contributed by atoms with Crippen molar-refractivity contribution in [2.75, 3.05) is 13.7 Å². The Morgan fingerprint density at radius 1 is 0.969 bits per heavy atom. The van der Waals surface area contributed by atoms with E-state index in [9.17, 15) is 9.90 Å². The number of esters is 1. The van der Waals surface area contributed by atoms with Crippen LogP contribution >= 0.6 is 0 Å². The highest BCUT2D eigenvalue weighted by Gasteiger charge is 2.15. The molecular formula is C26H26N2O4. The number of methoxy groups -OCH3 is 1. The number of benzene rings is 3. The van der Waals surface area contributed by atoms with E-state index in [0.717, 1.165) is 53.1 Å². The van der Waals surface area contributed by atoms with Gasteiger partial charge >= 0.3 is 5.97 Å². The number of rotatable bonds is 9. The van der Waals surface area contributed by atoms with Crippen molar-refractivity contribution in [3.8, 4) is 28.6 Å². The van der Waals surface area contributed by atoms with Crippen LogP contribution in [-0.4, -0.2) is 34.3 Å². The summed E-state index contributed by atoms with van der Waals surface area (Å²) in [6.45, 7) is 0.568. The number of aromatic hydroxyl groups is 1. The van der Waals surface area contributed by atoms with Crippen LogP contribution < -0.4 is 4.74 Å². The SMILES string of the molecule is COC(=O)CCCCCOc1ccc2nc(-c3ccccc3)n(-c3cccc(O)c3)c2c1. The molecule has 4 aromatic rings. The van der Waals surface area contributed by atoms with Crippen molar-refractivity contribution in [3.05, 3.63) is 72.8 Å². The van der Waals surface area contributed by atoms with Gasteiger partial charge in [-0.05, 0) is 43.5 Å². The number of aromatic nitrogens is 2. The molecule has 0 amide bonds. The second-order valence-electron chi connectivity index (χ2n) is 7.54. The van der Waals surface area contributed by atoms with Crippen LogP contribution in [0.4, 0.5) is 0 Å². The lowest BCUT2D eigenvalue weighted by Crippen LogP contribution is -2.01. The highest BCUT2D eigenvalue weighted by molar-refractivity contribution is 5.84. The summed E-state index contributed by atoms with van der Waals surface area (Å²) in [4.78, 5) is 16.0. The fourth-order valence-corrected chi connectivity index (χ4v) is 3.66. The molecule has 164 valence electrons. The Morgan fingerprint density at radius 2 is 1.81 bits per heavy atom. The molecule has 1 aromatic heterocycles. The third-order valence-corrected chi connectivity index (χ3v) is 5.27. The minimum absolute atomic E-state index is 0.175. The second kappa shape index (κ2) is 10.0. The molecule has 6 nitrogen and oxygen atoms in total. The molecule has 32 heavy (non-hydrogen) atoms. The lowest BCUT2D eigenvalue weighted by molar-refractivity contribution is -0.140. The number of fused-ring (bicyclic) bond motifs is 1. The molecule has 4 rings (SSSR count). The van der Waals surface area contributed by atoms with Crippen LogP contribution in [0.1, 0.15) is 25.7 Å². The third kappa shape index (κ3) is 4.91. The van der Waals surface area contributed by atoms with Crippen LogP contribution in [0.25, 0.3) is 28.1 Å². The van der Waals surface area contributed by atoms with Crippen LogP contribution in [0, 0.1) is 0 Å². The summed E-state index contributed by atoms with van der Waals surface area (Å²) in [5.74, 6) is 1.58. The first-order valence-corrected chi connectivity index (χ1v) is 10.7. The van der Waals surface area contributed by atoms with E-state index in [1.165, 1.54) is 7.11 Å². The smallest absolute Gasteiger partial charge is 0.305 e. The molecule has 0 atom stereocenters. The van der Waals surface area contributed by atoms with E-state index in [0.29, 0.717) is 13.0 Å². The molecule has 0 saturated heterocycles. The van der Waals surface area contributed by atoms with E-state index in [2.05, 4.69) is 4.74 Å². The Labute approximate surface area is 187 Å². The zero-order valence-electron chi connectivity index (χ0n) is 18.0. The molecule has 1 heterocycles. The molecule has 0 aliphatic heterocycles. The maximum Gasteiger partial charge on any atom is 0.305 e. The van der Waals surface area contributed by atoms with Gasteiger partial charge in [-0.15, -0.1) is 0 Å². The van der Waals surface area contributed by atoms with Gasteiger partial charge < -0.3 is 14.6 Å². The molecule has 0 bridgehead atoms. The van der Waals surface area contributed by atoms with Crippen molar-refractivity contribution in [2.24, 2.45) is 0 Å². The van der Waals surface area contributed by atoms with Gasteiger partial charge in [0.05, 0.1) is 30.4 Å². The summed E-state index contributed by atoms with van der Waals surface area (Å²) in [5, 5.41) is 10.0. The third-order valence-electron chi connectivity index (χ3n) is 5.27. The Hall–Kier alpha value is -3.80. The van der Waals surface area contributed by atoms with Crippen molar-refractivity contribution in [1.29, 1.82) is 0 Å². The number of ether oxygens (including phenoxy) is 2. The van der Waals surface area contributed by atoms with Gasteiger partial charge in [-0.1, -0.05) is 36.4 Å². The van der Waals surface area contributed by atoms with Crippen LogP contribution in [0.5, 0.6) is 11.5 Å². The van der Waals surface area contributed by atoms with Gasteiger partial charge in [-0.25, -0.2) is 4.98 Å². The molecule has 0 radical (unpaired) electrons. The molecule has 0 fully saturated rings. The monoisotopic (exact) mass is 430 g/mol. The van der Waals surface area contributed by atoms with E-state index in [4.69, 9.17) is 9.72 Å². The first kappa shape index (κ1) is 21.4.